The third-order valence-electron chi connectivity index (χ3n) is 3.28. The first-order valence-electron chi connectivity index (χ1n) is 6.83. The van der Waals surface area contributed by atoms with Crippen molar-refractivity contribution in [2.24, 2.45) is 0 Å². The second-order valence-electron chi connectivity index (χ2n) is 4.69. The highest BCUT2D eigenvalue weighted by Crippen LogP contribution is 2.19. The molecule has 0 saturated carbocycles. The predicted molar refractivity (Wildman–Crippen MR) is 78.8 cm³/mol. The Morgan fingerprint density at radius 2 is 1.95 bits per heavy atom. The molecule has 3 rings (SSSR count). The summed E-state index contributed by atoms with van der Waals surface area (Å²) in [5, 5.41) is 21.9. The number of aromatic hydroxyl groups is 1. The summed E-state index contributed by atoms with van der Waals surface area (Å²) in [5.74, 6) is 1.16. The first kappa shape index (κ1) is 14.3. The standard InChI is InChI=1S/C13H17N5O2S/c19-12-3-1-11(2-4-12)18-13(14-15-16-18)21-10-7-17-5-8-20-9-6-17/h1-4,19H,5-10H2. The first-order valence-corrected chi connectivity index (χ1v) is 7.82. The lowest BCUT2D eigenvalue weighted by Crippen LogP contribution is -2.37. The molecule has 0 bridgehead atoms. The molecule has 1 aliphatic heterocycles. The highest BCUT2D eigenvalue weighted by atomic mass is 32.2. The molecule has 21 heavy (non-hydrogen) atoms. The first-order chi connectivity index (χ1) is 10.3. The van der Waals surface area contributed by atoms with Crippen LogP contribution in [0.2, 0.25) is 0 Å². The maximum Gasteiger partial charge on any atom is 0.214 e. The Bertz CT molecular complexity index is 568. The minimum atomic E-state index is 0.230. The fraction of sp³-hybridized carbons (Fsp3) is 0.462. The van der Waals surface area contributed by atoms with Crippen molar-refractivity contribution in [1.82, 2.24) is 25.1 Å². The predicted octanol–water partition coefficient (Wildman–Crippen LogP) is 0.792. The van der Waals surface area contributed by atoms with Crippen LogP contribution in [-0.2, 0) is 4.74 Å². The smallest absolute Gasteiger partial charge is 0.214 e. The Hall–Kier alpha value is -1.64. The van der Waals surface area contributed by atoms with Gasteiger partial charge in [-0.3, -0.25) is 4.90 Å². The summed E-state index contributed by atoms with van der Waals surface area (Å²) < 4.78 is 7.02. The lowest BCUT2D eigenvalue weighted by atomic mass is 10.3. The molecule has 1 aromatic heterocycles. The SMILES string of the molecule is Oc1ccc(-n2nnnc2SCCN2CCOCC2)cc1. The van der Waals surface area contributed by atoms with Crippen LogP contribution in [0.5, 0.6) is 5.75 Å². The summed E-state index contributed by atoms with van der Waals surface area (Å²) in [6.07, 6.45) is 0. The van der Waals surface area contributed by atoms with Gasteiger partial charge in [-0.05, 0) is 34.7 Å². The second kappa shape index (κ2) is 6.88. The molecule has 8 heteroatoms. The van der Waals surface area contributed by atoms with Crippen molar-refractivity contribution in [2.75, 3.05) is 38.6 Å². The molecule has 0 spiro atoms. The Labute approximate surface area is 126 Å². The number of aromatic nitrogens is 4. The Morgan fingerprint density at radius 1 is 1.19 bits per heavy atom. The van der Waals surface area contributed by atoms with Gasteiger partial charge < -0.3 is 9.84 Å². The number of hydrogen-bond donors (Lipinski definition) is 1. The van der Waals surface area contributed by atoms with Crippen molar-refractivity contribution in [3.05, 3.63) is 24.3 Å². The zero-order chi connectivity index (χ0) is 14.5. The molecule has 1 aromatic carbocycles. The summed E-state index contributed by atoms with van der Waals surface area (Å²) in [4.78, 5) is 2.38. The van der Waals surface area contributed by atoms with Gasteiger partial charge in [0.05, 0.1) is 18.9 Å². The van der Waals surface area contributed by atoms with Crippen molar-refractivity contribution < 1.29 is 9.84 Å². The summed E-state index contributed by atoms with van der Waals surface area (Å²) in [5.41, 5.74) is 0.840. The van der Waals surface area contributed by atoms with E-state index in [9.17, 15) is 5.11 Å². The molecule has 2 aromatic rings. The third-order valence-corrected chi connectivity index (χ3v) is 4.18. The molecule has 0 aliphatic carbocycles. The van der Waals surface area contributed by atoms with E-state index in [2.05, 4.69) is 20.4 Å². The van der Waals surface area contributed by atoms with Gasteiger partial charge in [-0.1, -0.05) is 11.8 Å². The van der Waals surface area contributed by atoms with Crippen LogP contribution in [0, 0.1) is 0 Å². The average Bonchev–Trinajstić information content (AvgIpc) is 2.98. The molecule has 0 amide bonds. The number of rotatable bonds is 5. The number of tetrazole rings is 1. The molecule has 0 radical (unpaired) electrons. The van der Waals surface area contributed by atoms with Crippen LogP contribution in [0.3, 0.4) is 0 Å². The molecule has 0 unspecified atom stereocenters. The topological polar surface area (TPSA) is 76.3 Å². The molecule has 1 fully saturated rings. The molecule has 7 nitrogen and oxygen atoms in total. The van der Waals surface area contributed by atoms with Crippen LogP contribution in [0.15, 0.2) is 29.4 Å². The van der Waals surface area contributed by atoms with Crippen LogP contribution < -0.4 is 0 Å². The number of thioether (sulfide) groups is 1. The summed E-state index contributed by atoms with van der Waals surface area (Å²) in [6.45, 7) is 4.61. The minimum Gasteiger partial charge on any atom is -0.508 e. The van der Waals surface area contributed by atoms with Crippen LogP contribution in [0.1, 0.15) is 0 Å². The Balaban J connectivity index is 1.59. The number of phenolic OH excluding ortho intramolecular Hbond substituents is 1. The summed E-state index contributed by atoms with van der Waals surface area (Å²) in [7, 11) is 0. The third kappa shape index (κ3) is 3.72. The van der Waals surface area contributed by atoms with E-state index in [1.807, 2.05) is 0 Å². The van der Waals surface area contributed by atoms with E-state index in [-0.39, 0.29) is 5.75 Å². The van der Waals surface area contributed by atoms with Crippen molar-refractivity contribution in [2.45, 2.75) is 5.16 Å². The van der Waals surface area contributed by atoms with Gasteiger partial charge in [0, 0.05) is 25.4 Å². The van der Waals surface area contributed by atoms with Crippen molar-refractivity contribution in [3.63, 3.8) is 0 Å². The number of benzene rings is 1. The van der Waals surface area contributed by atoms with Crippen LogP contribution in [0.4, 0.5) is 0 Å². The minimum absolute atomic E-state index is 0.230. The van der Waals surface area contributed by atoms with Crippen LogP contribution in [-0.4, -0.2) is 68.8 Å². The van der Waals surface area contributed by atoms with Gasteiger partial charge >= 0.3 is 0 Å². The van der Waals surface area contributed by atoms with Crippen molar-refractivity contribution in [3.8, 4) is 11.4 Å². The van der Waals surface area contributed by atoms with E-state index in [1.54, 1.807) is 40.7 Å². The summed E-state index contributed by atoms with van der Waals surface area (Å²) in [6, 6.07) is 6.83. The number of ether oxygens (including phenoxy) is 1. The molecule has 2 heterocycles. The van der Waals surface area contributed by atoms with Crippen molar-refractivity contribution >= 4 is 11.8 Å². The van der Waals surface area contributed by atoms with E-state index in [0.717, 1.165) is 49.4 Å². The van der Waals surface area contributed by atoms with E-state index in [1.165, 1.54) is 0 Å². The van der Waals surface area contributed by atoms with E-state index < -0.39 is 0 Å². The summed E-state index contributed by atoms with van der Waals surface area (Å²) >= 11 is 1.63. The Morgan fingerprint density at radius 3 is 2.71 bits per heavy atom. The molecule has 112 valence electrons. The van der Waals surface area contributed by atoms with Crippen LogP contribution >= 0.6 is 11.8 Å². The normalized spacial score (nSPS) is 16.2. The largest absolute Gasteiger partial charge is 0.508 e. The monoisotopic (exact) mass is 307 g/mol. The number of morpholine rings is 1. The van der Waals surface area contributed by atoms with Gasteiger partial charge in [-0.2, -0.15) is 4.68 Å². The average molecular weight is 307 g/mol. The lowest BCUT2D eigenvalue weighted by Gasteiger charge is -2.26. The fourth-order valence-electron chi connectivity index (χ4n) is 2.12. The number of nitrogens with zero attached hydrogens (tertiary/aromatic N) is 5. The van der Waals surface area contributed by atoms with Gasteiger partial charge in [0.15, 0.2) is 0 Å². The Kier molecular flexibility index (Phi) is 4.69. The van der Waals surface area contributed by atoms with Gasteiger partial charge in [0.2, 0.25) is 5.16 Å². The van der Waals surface area contributed by atoms with Gasteiger partial charge in [0.25, 0.3) is 0 Å². The molecule has 1 aliphatic rings. The maximum atomic E-state index is 9.33. The number of hydrogen-bond acceptors (Lipinski definition) is 7. The van der Waals surface area contributed by atoms with E-state index in [4.69, 9.17) is 4.74 Å². The van der Waals surface area contributed by atoms with E-state index >= 15 is 0 Å². The fourth-order valence-corrected chi connectivity index (χ4v) is 3.01. The number of phenols is 1. The van der Waals surface area contributed by atoms with Crippen LogP contribution in [0.25, 0.3) is 5.69 Å². The van der Waals surface area contributed by atoms with Gasteiger partial charge in [-0.25, -0.2) is 0 Å². The maximum absolute atomic E-state index is 9.33. The zero-order valence-corrected chi connectivity index (χ0v) is 12.4. The highest BCUT2D eigenvalue weighted by molar-refractivity contribution is 7.99. The molecule has 1 N–H and O–H groups in total. The molecule has 0 atom stereocenters. The zero-order valence-electron chi connectivity index (χ0n) is 11.6. The van der Waals surface area contributed by atoms with E-state index in [0.29, 0.717) is 0 Å². The quantitative estimate of drug-likeness (QED) is 0.818. The second-order valence-corrected chi connectivity index (χ2v) is 5.75. The lowest BCUT2D eigenvalue weighted by molar-refractivity contribution is 0.0410. The highest BCUT2D eigenvalue weighted by Gasteiger charge is 2.12. The van der Waals surface area contributed by atoms with Gasteiger partial charge in [-0.15, -0.1) is 5.10 Å². The molecule has 1 saturated heterocycles. The van der Waals surface area contributed by atoms with Gasteiger partial charge in [0.1, 0.15) is 5.75 Å². The molecular formula is C13H17N5O2S. The van der Waals surface area contributed by atoms with Crippen molar-refractivity contribution in [1.29, 1.82) is 0 Å². The molecular weight excluding hydrogens is 290 g/mol.